The van der Waals surface area contributed by atoms with Crippen LogP contribution in [0.5, 0.6) is 17.2 Å². The van der Waals surface area contributed by atoms with Crippen LogP contribution in [0.3, 0.4) is 0 Å². The topological polar surface area (TPSA) is 104 Å². The lowest BCUT2D eigenvalue weighted by Gasteiger charge is -2.13. The van der Waals surface area contributed by atoms with Crippen molar-refractivity contribution in [1.82, 2.24) is 19.9 Å². The summed E-state index contributed by atoms with van der Waals surface area (Å²) in [6, 6.07) is 6.94. The standard InChI is InChI=1S/C18H17N5O4S/c1-11(24)27-16-14(25-2)8-12(9-15(16)26-3)10-20-23-17(21-22-18(23)28)13-4-6-19-7-5-13/h4-10H,1-3H3,(H,22,28)/b20-10-. The van der Waals surface area contributed by atoms with Gasteiger partial charge in [0.1, 0.15) is 0 Å². The van der Waals surface area contributed by atoms with Gasteiger partial charge in [0, 0.05) is 30.4 Å². The van der Waals surface area contributed by atoms with Gasteiger partial charge in [-0.15, -0.1) is 0 Å². The van der Waals surface area contributed by atoms with E-state index in [4.69, 9.17) is 26.4 Å². The zero-order valence-corrected chi connectivity index (χ0v) is 16.2. The van der Waals surface area contributed by atoms with E-state index in [1.165, 1.54) is 25.8 Å². The first-order valence-corrected chi connectivity index (χ1v) is 8.51. The number of methoxy groups -OCH3 is 2. The van der Waals surface area contributed by atoms with E-state index in [0.717, 1.165) is 5.56 Å². The Labute approximate surface area is 165 Å². The van der Waals surface area contributed by atoms with Crippen molar-refractivity contribution < 1.29 is 19.0 Å². The average Bonchev–Trinajstić information content (AvgIpc) is 3.07. The molecule has 2 aromatic heterocycles. The molecule has 0 aliphatic rings. The van der Waals surface area contributed by atoms with Gasteiger partial charge in [-0.1, -0.05) is 0 Å². The van der Waals surface area contributed by atoms with Crippen molar-refractivity contribution in [3.63, 3.8) is 0 Å². The highest BCUT2D eigenvalue weighted by Crippen LogP contribution is 2.38. The Balaban J connectivity index is 2.01. The Hall–Kier alpha value is -3.53. The molecular weight excluding hydrogens is 382 g/mol. The molecule has 0 atom stereocenters. The summed E-state index contributed by atoms with van der Waals surface area (Å²) in [5.74, 6) is 0.929. The van der Waals surface area contributed by atoms with Crippen LogP contribution in [-0.4, -0.2) is 46.3 Å². The Morgan fingerprint density at radius 3 is 2.43 bits per heavy atom. The van der Waals surface area contributed by atoms with Crippen LogP contribution in [0.2, 0.25) is 0 Å². The SMILES string of the molecule is COc1cc(/C=N\n2c(-c3ccncc3)n[nH]c2=S)cc(OC)c1OC(C)=O. The Morgan fingerprint density at radius 2 is 1.86 bits per heavy atom. The molecule has 2 heterocycles. The minimum absolute atomic E-state index is 0.201. The van der Waals surface area contributed by atoms with Gasteiger partial charge in [0.15, 0.2) is 17.3 Å². The van der Waals surface area contributed by atoms with Crippen LogP contribution in [0.25, 0.3) is 11.4 Å². The van der Waals surface area contributed by atoms with Gasteiger partial charge in [-0.3, -0.25) is 9.78 Å². The summed E-state index contributed by atoms with van der Waals surface area (Å²) >= 11 is 5.26. The van der Waals surface area contributed by atoms with E-state index in [1.807, 2.05) is 0 Å². The van der Waals surface area contributed by atoms with Gasteiger partial charge in [0.05, 0.1) is 20.4 Å². The number of hydrogen-bond donors (Lipinski definition) is 1. The lowest BCUT2D eigenvalue weighted by molar-refractivity contribution is -0.132. The van der Waals surface area contributed by atoms with Crippen molar-refractivity contribution in [2.75, 3.05) is 14.2 Å². The van der Waals surface area contributed by atoms with Crippen LogP contribution < -0.4 is 14.2 Å². The van der Waals surface area contributed by atoms with Gasteiger partial charge in [0.25, 0.3) is 0 Å². The molecule has 0 saturated heterocycles. The minimum Gasteiger partial charge on any atom is -0.493 e. The summed E-state index contributed by atoms with van der Waals surface area (Å²) in [7, 11) is 2.94. The summed E-state index contributed by atoms with van der Waals surface area (Å²) in [4.78, 5) is 15.3. The van der Waals surface area contributed by atoms with E-state index in [-0.39, 0.29) is 5.75 Å². The zero-order valence-electron chi connectivity index (χ0n) is 15.4. The van der Waals surface area contributed by atoms with Crippen LogP contribution >= 0.6 is 12.2 Å². The minimum atomic E-state index is -0.482. The summed E-state index contributed by atoms with van der Waals surface area (Å²) in [6.07, 6.45) is 4.88. The van der Waals surface area contributed by atoms with Crippen molar-refractivity contribution in [3.05, 3.63) is 47.0 Å². The quantitative estimate of drug-likeness (QED) is 0.294. The van der Waals surface area contributed by atoms with Gasteiger partial charge in [0.2, 0.25) is 10.5 Å². The molecule has 0 aliphatic carbocycles. The molecule has 1 aromatic carbocycles. The molecule has 0 radical (unpaired) electrons. The van der Waals surface area contributed by atoms with Crippen molar-refractivity contribution >= 4 is 24.4 Å². The monoisotopic (exact) mass is 399 g/mol. The van der Waals surface area contributed by atoms with Crippen LogP contribution in [0.1, 0.15) is 12.5 Å². The second-order valence-electron chi connectivity index (χ2n) is 5.49. The highest BCUT2D eigenvalue weighted by atomic mass is 32.1. The van der Waals surface area contributed by atoms with Crippen LogP contribution in [-0.2, 0) is 4.79 Å². The van der Waals surface area contributed by atoms with E-state index in [1.54, 1.807) is 42.9 Å². The number of aromatic nitrogens is 4. The fourth-order valence-corrected chi connectivity index (χ4v) is 2.61. The number of nitrogens with one attached hydrogen (secondary N) is 1. The highest BCUT2D eigenvalue weighted by Gasteiger charge is 2.16. The summed E-state index contributed by atoms with van der Waals surface area (Å²) in [6.45, 7) is 1.30. The van der Waals surface area contributed by atoms with Crippen molar-refractivity contribution in [3.8, 4) is 28.6 Å². The second-order valence-corrected chi connectivity index (χ2v) is 5.88. The molecule has 0 spiro atoms. The Morgan fingerprint density at radius 1 is 1.21 bits per heavy atom. The number of carbonyl (C=O) groups is 1. The summed E-state index contributed by atoms with van der Waals surface area (Å²) in [5, 5.41) is 11.3. The van der Waals surface area contributed by atoms with Gasteiger partial charge < -0.3 is 14.2 Å². The molecule has 1 N–H and O–H groups in total. The predicted octanol–water partition coefficient (Wildman–Crippen LogP) is 2.83. The molecule has 0 amide bonds. The number of carbonyl (C=O) groups excluding carboxylic acids is 1. The third-order valence-electron chi connectivity index (χ3n) is 3.64. The molecule has 9 nitrogen and oxygen atoms in total. The first-order valence-electron chi connectivity index (χ1n) is 8.10. The lowest BCUT2D eigenvalue weighted by Crippen LogP contribution is -2.05. The van der Waals surface area contributed by atoms with E-state index in [2.05, 4.69) is 20.3 Å². The number of aromatic amines is 1. The molecule has 28 heavy (non-hydrogen) atoms. The van der Waals surface area contributed by atoms with Crippen LogP contribution in [0.4, 0.5) is 0 Å². The number of benzene rings is 1. The number of hydrogen-bond acceptors (Lipinski definition) is 8. The van der Waals surface area contributed by atoms with Crippen molar-refractivity contribution in [1.29, 1.82) is 0 Å². The molecule has 0 aliphatic heterocycles. The van der Waals surface area contributed by atoms with Crippen molar-refractivity contribution in [2.24, 2.45) is 5.10 Å². The van der Waals surface area contributed by atoms with Gasteiger partial charge in [-0.05, 0) is 36.5 Å². The predicted molar refractivity (Wildman–Crippen MR) is 104 cm³/mol. The smallest absolute Gasteiger partial charge is 0.308 e. The maximum atomic E-state index is 11.3. The fourth-order valence-electron chi connectivity index (χ4n) is 2.43. The molecule has 10 heteroatoms. The number of nitrogens with zero attached hydrogens (tertiary/aromatic N) is 4. The largest absolute Gasteiger partial charge is 0.493 e. The third-order valence-corrected chi connectivity index (χ3v) is 3.90. The normalized spacial score (nSPS) is 10.8. The first kappa shape index (κ1) is 19.2. The third kappa shape index (κ3) is 4.07. The maximum absolute atomic E-state index is 11.3. The van der Waals surface area contributed by atoms with Gasteiger partial charge >= 0.3 is 5.97 Å². The van der Waals surface area contributed by atoms with Crippen molar-refractivity contribution in [2.45, 2.75) is 6.92 Å². The van der Waals surface area contributed by atoms with E-state index in [9.17, 15) is 4.79 Å². The Kier molecular flexibility index (Phi) is 5.80. The number of H-pyrrole nitrogens is 1. The zero-order chi connectivity index (χ0) is 20.1. The second kappa shape index (κ2) is 8.44. The van der Waals surface area contributed by atoms with Crippen LogP contribution in [0.15, 0.2) is 41.8 Å². The number of rotatable bonds is 6. The molecule has 0 saturated carbocycles. The fraction of sp³-hybridized carbons (Fsp3) is 0.167. The number of pyridine rings is 1. The first-order chi connectivity index (χ1) is 13.5. The summed E-state index contributed by atoms with van der Waals surface area (Å²) < 4.78 is 17.6. The van der Waals surface area contributed by atoms with E-state index in [0.29, 0.717) is 27.7 Å². The number of esters is 1. The van der Waals surface area contributed by atoms with E-state index >= 15 is 0 Å². The molecule has 0 unspecified atom stereocenters. The lowest BCUT2D eigenvalue weighted by atomic mass is 10.2. The maximum Gasteiger partial charge on any atom is 0.308 e. The molecule has 144 valence electrons. The summed E-state index contributed by atoms with van der Waals surface area (Å²) in [5.41, 5.74) is 1.45. The molecule has 3 aromatic rings. The van der Waals surface area contributed by atoms with Gasteiger partial charge in [-0.2, -0.15) is 14.9 Å². The van der Waals surface area contributed by atoms with Gasteiger partial charge in [-0.25, -0.2) is 5.10 Å². The molecule has 0 fully saturated rings. The van der Waals surface area contributed by atoms with E-state index < -0.39 is 5.97 Å². The number of ether oxygens (including phenoxy) is 3. The molecule has 0 bridgehead atoms. The average molecular weight is 399 g/mol. The Bertz CT molecular complexity index is 1050. The molecular formula is C18H17N5O4S. The highest BCUT2D eigenvalue weighted by molar-refractivity contribution is 7.71. The van der Waals surface area contributed by atoms with Crippen LogP contribution in [0, 0.1) is 4.77 Å². The molecule has 3 rings (SSSR count).